The molecule has 0 aliphatic rings. The molecule has 0 bridgehead atoms. The molecule has 0 aliphatic carbocycles. The van der Waals surface area contributed by atoms with Gasteiger partial charge in [-0.05, 0) is 12.8 Å². The van der Waals surface area contributed by atoms with E-state index in [4.69, 9.17) is 0 Å². The van der Waals surface area contributed by atoms with Crippen molar-refractivity contribution in [3.8, 4) is 0 Å². The van der Waals surface area contributed by atoms with Gasteiger partial charge >= 0.3 is 5.69 Å². The number of nitrogens with one attached hydrogen (secondary N) is 1. The summed E-state index contributed by atoms with van der Waals surface area (Å²) in [5, 5.41) is 37.2. The number of hydrogen-bond acceptors (Lipinski definition) is 6. The Morgan fingerprint density at radius 1 is 1.55 bits per heavy atom. The molecule has 0 fully saturated rings. The molecule has 0 radical (unpaired) electrons. The SMILES string of the molecule is CCC(O)(CC)CNCC(O)Cn1cc([N+](=O)[O-])cn1. The fourth-order valence-electron chi connectivity index (χ4n) is 1.80. The molecule has 0 saturated heterocycles. The number of nitro groups is 1. The molecule has 0 saturated carbocycles. The van der Waals surface area contributed by atoms with E-state index in [1.54, 1.807) is 0 Å². The van der Waals surface area contributed by atoms with Crippen LogP contribution < -0.4 is 5.32 Å². The van der Waals surface area contributed by atoms with E-state index in [9.17, 15) is 20.3 Å². The van der Waals surface area contributed by atoms with E-state index in [1.165, 1.54) is 10.9 Å². The van der Waals surface area contributed by atoms with Crippen LogP contribution >= 0.6 is 0 Å². The minimum Gasteiger partial charge on any atom is -0.390 e. The Morgan fingerprint density at radius 3 is 2.70 bits per heavy atom. The van der Waals surface area contributed by atoms with Crippen molar-refractivity contribution in [1.82, 2.24) is 15.1 Å². The van der Waals surface area contributed by atoms with Crippen LogP contribution in [0.3, 0.4) is 0 Å². The summed E-state index contributed by atoms with van der Waals surface area (Å²) in [6, 6.07) is 0. The van der Waals surface area contributed by atoms with Crippen LogP contribution in [0, 0.1) is 10.1 Å². The second-order valence-electron chi connectivity index (χ2n) is 4.89. The Kier molecular flexibility index (Phi) is 6.05. The zero-order valence-corrected chi connectivity index (χ0v) is 11.8. The van der Waals surface area contributed by atoms with Crippen LogP contribution in [0.1, 0.15) is 26.7 Å². The van der Waals surface area contributed by atoms with Crippen LogP contribution in [0.2, 0.25) is 0 Å². The van der Waals surface area contributed by atoms with E-state index in [-0.39, 0.29) is 18.8 Å². The van der Waals surface area contributed by atoms with Crippen molar-refractivity contribution in [1.29, 1.82) is 0 Å². The first-order valence-corrected chi connectivity index (χ1v) is 6.68. The molecule has 0 amide bonds. The molecule has 1 heterocycles. The van der Waals surface area contributed by atoms with E-state index in [0.29, 0.717) is 19.4 Å². The molecule has 8 heteroatoms. The number of rotatable bonds is 9. The third kappa shape index (κ3) is 4.87. The predicted molar refractivity (Wildman–Crippen MR) is 73.3 cm³/mol. The maximum Gasteiger partial charge on any atom is 0.306 e. The average molecular weight is 286 g/mol. The summed E-state index contributed by atoms with van der Waals surface area (Å²) in [5.74, 6) is 0. The minimum absolute atomic E-state index is 0.100. The number of aliphatic hydroxyl groups excluding tert-OH is 1. The lowest BCUT2D eigenvalue weighted by Gasteiger charge is -2.26. The van der Waals surface area contributed by atoms with Crippen molar-refractivity contribution in [3.63, 3.8) is 0 Å². The Bertz CT molecular complexity index is 431. The van der Waals surface area contributed by atoms with Gasteiger partial charge in [-0.15, -0.1) is 0 Å². The quantitative estimate of drug-likeness (QED) is 0.444. The molecule has 1 aromatic rings. The van der Waals surface area contributed by atoms with Crippen molar-refractivity contribution >= 4 is 5.69 Å². The monoisotopic (exact) mass is 286 g/mol. The van der Waals surface area contributed by atoms with Gasteiger partial charge in [0.25, 0.3) is 0 Å². The van der Waals surface area contributed by atoms with Crippen molar-refractivity contribution < 1.29 is 15.1 Å². The maximum absolute atomic E-state index is 10.5. The number of aliphatic hydroxyl groups is 2. The van der Waals surface area contributed by atoms with Gasteiger partial charge in [0.15, 0.2) is 0 Å². The van der Waals surface area contributed by atoms with E-state index in [2.05, 4.69) is 10.4 Å². The summed E-state index contributed by atoms with van der Waals surface area (Å²) in [4.78, 5) is 9.97. The largest absolute Gasteiger partial charge is 0.390 e. The summed E-state index contributed by atoms with van der Waals surface area (Å²) in [6.07, 6.45) is 2.97. The lowest BCUT2D eigenvalue weighted by atomic mass is 9.97. The average Bonchev–Trinajstić information content (AvgIpc) is 2.87. The zero-order chi connectivity index (χ0) is 15.2. The van der Waals surface area contributed by atoms with Crippen molar-refractivity contribution in [3.05, 3.63) is 22.5 Å². The highest BCUT2D eigenvalue weighted by molar-refractivity contribution is 5.20. The molecule has 0 aromatic carbocycles. The second-order valence-corrected chi connectivity index (χ2v) is 4.89. The van der Waals surface area contributed by atoms with Gasteiger partial charge in [0.2, 0.25) is 0 Å². The zero-order valence-electron chi connectivity index (χ0n) is 11.8. The standard InChI is InChI=1S/C12H22N4O4/c1-3-12(18,4-2)9-13-6-11(17)8-15-7-10(5-14-15)16(19)20/h5,7,11,13,17-18H,3-4,6,8-9H2,1-2H3. The molecule has 0 aliphatic heterocycles. The van der Waals surface area contributed by atoms with Gasteiger partial charge in [0.05, 0.1) is 23.2 Å². The maximum atomic E-state index is 10.5. The van der Waals surface area contributed by atoms with Gasteiger partial charge in [-0.2, -0.15) is 5.10 Å². The summed E-state index contributed by atoms with van der Waals surface area (Å²) < 4.78 is 1.33. The first-order chi connectivity index (χ1) is 9.40. The number of nitrogens with zero attached hydrogens (tertiary/aromatic N) is 3. The van der Waals surface area contributed by atoms with Crippen LogP contribution in [0.25, 0.3) is 0 Å². The fraction of sp³-hybridized carbons (Fsp3) is 0.750. The van der Waals surface area contributed by atoms with Gasteiger partial charge in [-0.3, -0.25) is 14.8 Å². The first-order valence-electron chi connectivity index (χ1n) is 6.68. The molecule has 1 atom stereocenters. The van der Waals surface area contributed by atoms with Crippen LogP contribution in [-0.2, 0) is 6.54 Å². The molecule has 8 nitrogen and oxygen atoms in total. The van der Waals surface area contributed by atoms with E-state index in [0.717, 1.165) is 6.20 Å². The highest BCUT2D eigenvalue weighted by Crippen LogP contribution is 2.12. The molecule has 0 spiro atoms. The van der Waals surface area contributed by atoms with Crippen molar-refractivity contribution in [2.24, 2.45) is 0 Å². The van der Waals surface area contributed by atoms with Gasteiger partial charge in [-0.1, -0.05) is 13.8 Å². The fourth-order valence-corrected chi connectivity index (χ4v) is 1.80. The lowest BCUT2D eigenvalue weighted by Crippen LogP contribution is -2.42. The molecular weight excluding hydrogens is 264 g/mol. The molecular formula is C12H22N4O4. The number of hydrogen-bond donors (Lipinski definition) is 3. The van der Waals surface area contributed by atoms with Gasteiger partial charge in [0, 0.05) is 13.1 Å². The summed E-state index contributed by atoms with van der Waals surface area (Å²) in [7, 11) is 0. The second kappa shape index (κ2) is 7.32. The van der Waals surface area contributed by atoms with Crippen LogP contribution in [-0.4, -0.2) is 49.7 Å². The Labute approximate surface area is 117 Å². The minimum atomic E-state index is -0.760. The van der Waals surface area contributed by atoms with Gasteiger partial charge < -0.3 is 15.5 Å². The third-order valence-electron chi connectivity index (χ3n) is 3.38. The van der Waals surface area contributed by atoms with Crippen molar-refractivity contribution in [2.45, 2.75) is 44.9 Å². The van der Waals surface area contributed by atoms with Crippen LogP contribution in [0.5, 0.6) is 0 Å². The summed E-state index contributed by atoms with van der Waals surface area (Å²) >= 11 is 0. The lowest BCUT2D eigenvalue weighted by molar-refractivity contribution is -0.385. The topological polar surface area (TPSA) is 113 Å². The van der Waals surface area contributed by atoms with Crippen LogP contribution in [0.4, 0.5) is 5.69 Å². The first kappa shape index (κ1) is 16.5. The Balaban J connectivity index is 2.36. The highest BCUT2D eigenvalue weighted by Gasteiger charge is 2.21. The predicted octanol–water partition coefficient (Wildman–Crippen LogP) is 0.293. The normalized spacial score (nSPS) is 13.4. The Morgan fingerprint density at radius 2 is 2.20 bits per heavy atom. The van der Waals surface area contributed by atoms with E-state index < -0.39 is 16.6 Å². The van der Waals surface area contributed by atoms with Crippen molar-refractivity contribution in [2.75, 3.05) is 13.1 Å². The third-order valence-corrected chi connectivity index (χ3v) is 3.38. The van der Waals surface area contributed by atoms with Crippen LogP contribution in [0.15, 0.2) is 12.4 Å². The number of aromatic nitrogens is 2. The molecule has 20 heavy (non-hydrogen) atoms. The molecule has 1 aromatic heterocycles. The van der Waals surface area contributed by atoms with E-state index in [1.807, 2.05) is 13.8 Å². The molecule has 114 valence electrons. The van der Waals surface area contributed by atoms with Gasteiger partial charge in [-0.25, -0.2) is 0 Å². The van der Waals surface area contributed by atoms with Gasteiger partial charge in [0.1, 0.15) is 12.4 Å². The highest BCUT2D eigenvalue weighted by atomic mass is 16.6. The Hall–Kier alpha value is -1.51. The molecule has 1 rings (SSSR count). The summed E-state index contributed by atoms with van der Waals surface area (Å²) in [6.45, 7) is 4.67. The smallest absolute Gasteiger partial charge is 0.306 e. The van der Waals surface area contributed by atoms with E-state index >= 15 is 0 Å². The molecule has 3 N–H and O–H groups in total. The molecule has 1 unspecified atom stereocenters. The summed E-state index contributed by atoms with van der Waals surface area (Å²) in [5.41, 5.74) is -0.860.